The number of ether oxygens (including phenoxy) is 2. The summed E-state index contributed by atoms with van der Waals surface area (Å²) in [6.45, 7) is 3.51. The molecule has 3 aromatic rings. The molecule has 150 valence electrons. The highest BCUT2D eigenvalue weighted by Gasteiger charge is 2.21. The summed E-state index contributed by atoms with van der Waals surface area (Å²) >= 11 is 5.93. The van der Waals surface area contributed by atoms with Crippen LogP contribution in [-0.4, -0.2) is 34.9 Å². The average molecular weight is 414 g/mol. The van der Waals surface area contributed by atoms with Gasteiger partial charge in [-0.3, -0.25) is 4.79 Å². The molecule has 7 nitrogen and oxygen atoms in total. The Morgan fingerprint density at radius 3 is 2.62 bits per heavy atom. The van der Waals surface area contributed by atoms with Crippen molar-refractivity contribution < 1.29 is 19.1 Å². The van der Waals surface area contributed by atoms with Crippen molar-refractivity contribution in [3.8, 4) is 11.4 Å². The number of hydrogen-bond donors (Lipinski definition) is 1. The zero-order valence-corrected chi connectivity index (χ0v) is 16.8. The molecule has 0 spiro atoms. The summed E-state index contributed by atoms with van der Waals surface area (Å²) in [4.78, 5) is 24.8. The number of benzene rings is 2. The van der Waals surface area contributed by atoms with Crippen LogP contribution < -0.4 is 10.1 Å². The second kappa shape index (κ2) is 9.25. The van der Waals surface area contributed by atoms with Gasteiger partial charge in [-0.15, -0.1) is 0 Å². The van der Waals surface area contributed by atoms with Crippen LogP contribution in [0.4, 0.5) is 5.82 Å². The molecule has 29 heavy (non-hydrogen) atoms. The monoisotopic (exact) mass is 413 g/mol. The van der Waals surface area contributed by atoms with Crippen molar-refractivity contribution in [2.75, 3.05) is 18.5 Å². The number of aromatic nitrogens is 2. The van der Waals surface area contributed by atoms with Gasteiger partial charge in [0.15, 0.2) is 12.4 Å². The van der Waals surface area contributed by atoms with E-state index in [4.69, 9.17) is 21.1 Å². The molecule has 0 atom stereocenters. The minimum absolute atomic E-state index is 0.159. The van der Waals surface area contributed by atoms with Gasteiger partial charge in [0, 0.05) is 5.02 Å². The molecule has 0 radical (unpaired) electrons. The molecule has 0 aliphatic heterocycles. The lowest BCUT2D eigenvalue weighted by molar-refractivity contribution is -0.118. The molecule has 0 saturated carbocycles. The number of anilines is 1. The maximum absolute atomic E-state index is 12.5. The fourth-order valence-electron chi connectivity index (χ4n) is 2.68. The lowest BCUT2D eigenvalue weighted by Crippen LogP contribution is -2.23. The van der Waals surface area contributed by atoms with E-state index in [0.29, 0.717) is 16.5 Å². The summed E-state index contributed by atoms with van der Waals surface area (Å²) in [6.07, 6.45) is 1.37. The lowest BCUT2D eigenvalue weighted by Gasteiger charge is -2.12. The van der Waals surface area contributed by atoms with Gasteiger partial charge in [0.2, 0.25) is 0 Å². The molecular formula is C21H20ClN3O4. The van der Waals surface area contributed by atoms with E-state index in [1.807, 2.05) is 37.3 Å². The fraction of sp³-hybridized carbons (Fsp3) is 0.190. The second-order valence-corrected chi connectivity index (χ2v) is 6.56. The predicted molar refractivity (Wildman–Crippen MR) is 110 cm³/mol. The highest BCUT2D eigenvalue weighted by Crippen LogP contribution is 2.23. The van der Waals surface area contributed by atoms with E-state index in [2.05, 4.69) is 10.4 Å². The highest BCUT2D eigenvalue weighted by molar-refractivity contribution is 6.30. The minimum atomic E-state index is -0.570. The van der Waals surface area contributed by atoms with E-state index in [0.717, 1.165) is 5.56 Å². The van der Waals surface area contributed by atoms with Gasteiger partial charge in [-0.2, -0.15) is 5.10 Å². The Labute approximate surface area is 173 Å². The molecule has 8 heteroatoms. The topological polar surface area (TPSA) is 82.5 Å². The Hall–Kier alpha value is -3.32. The van der Waals surface area contributed by atoms with Gasteiger partial charge in [-0.05, 0) is 49.7 Å². The van der Waals surface area contributed by atoms with Crippen molar-refractivity contribution in [3.63, 3.8) is 0 Å². The number of para-hydroxylation sites is 1. The first kappa shape index (κ1) is 20.4. The van der Waals surface area contributed by atoms with Crippen molar-refractivity contribution in [2.45, 2.75) is 13.8 Å². The van der Waals surface area contributed by atoms with Gasteiger partial charge in [0.05, 0.1) is 18.5 Å². The van der Waals surface area contributed by atoms with Crippen LogP contribution in [0.25, 0.3) is 5.69 Å². The fourth-order valence-corrected chi connectivity index (χ4v) is 2.90. The van der Waals surface area contributed by atoms with Crippen LogP contribution in [0.1, 0.15) is 22.8 Å². The number of esters is 1. The number of nitrogens with zero attached hydrogens (tertiary/aromatic N) is 2. The SMILES string of the molecule is CCOC(=O)c1cnn(-c2ccccc2)c1NC(=O)COc1ccc(Cl)cc1C. The third kappa shape index (κ3) is 4.94. The summed E-state index contributed by atoms with van der Waals surface area (Å²) in [5, 5.41) is 7.53. The van der Waals surface area contributed by atoms with Crippen LogP contribution in [0, 0.1) is 6.92 Å². The zero-order valence-electron chi connectivity index (χ0n) is 16.0. The predicted octanol–water partition coefficient (Wildman–Crippen LogP) is 4.03. The van der Waals surface area contributed by atoms with Gasteiger partial charge < -0.3 is 14.8 Å². The number of carbonyl (C=O) groups excluding carboxylic acids is 2. The molecule has 0 bridgehead atoms. The third-order valence-electron chi connectivity index (χ3n) is 4.02. The first-order chi connectivity index (χ1) is 14.0. The van der Waals surface area contributed by atoms with Gasteiger partial charge in [-0.1, -0.05) is 29.8 Å². The summed E-state index contributed by atoms with van der Waals surface area (Å²) in [5.41, 5.74) is 1.66. The molecule has 0 fully saturated rings. The first-order valence-corrected chi connectivity index (χ1v) is 9.36. The Morgan fingerprint density at radius 1 is 1.17 bits per heavy atom. The molecule has 1 heterocycles. The maximum Gasteiger partial charge on any atom is 0.343 e. The minimum Gasteiger partial charge on any atom is -0.483 e. The quantitative estimate of drug-likeness (QED) is 0.591. The third-order valence-corrected chi connectivity index (χ3v) is 4.25. The molecule has 0 aliphatic rings. The Balaban J connectivity index is 1.81. The van der Waals surface area contributed by atoms with E-state index >= 15 is 0 Å². The molecule has 1 amide bonds. The van der Waals surface area contributed by atoms with Crippen molar-refractivity contribution in [2.24, 2.45) is 0 Å². The number of nitrogens with one attached hydrogen (secondary N) is 1. The first-order valence-electron chi connectivity index (χ1n) is 8.99. The van der Waals surface area contributed by atoms with Crippen LogP contribution in [0.5, 0.6) is 5.75 Å². The van der Waals surface area contributed by atoms with Crippen molar-refractivity contribution in [3.05, 3.63) is 70.9 Å². The number of aryl methyl sites for hydroxylation is 1. The zero-order chi connectivity index (χ0) is 20.8. The molecule has 2 aromatic carbocycles. The number of halogens is 1. The van der Waals surface area contributed by atoms with Crippen LogP contribution in [0.3, 0.4) is 0 Å². The smallest absolute Gasteiger partial charge is 0.343 e. The van der Waals surface area contributed by atoms with E-state index in [1.54, 1.807) is 25.1 Å². The van der Waals surface area contributed by atoms with Crippen molar-refractivity contribution in [1.29, 1.82) is 0 Å². The second-order valence-electron chi connectivity index (χ2n) is 6.12. The van der Waals surface area contributed by atoms with Crippen LogP contribution >= 0.6 is 11.6 Å². The van der Waals surface area contributed by atoms with Gasteiger partial charge >= 0.3 is 5.97 Å². The molecule has 3 rings (SSSR count). The van der Waals surface area contributed by atoms with Crippen LogP contribution in [-0.2, 0) is 9.53 Å². The van der Waals surface area contributed by atoms with Crippen molar-refractivity contribution in [1.82, 2.24) is 9.78 Å². The summed E-state index contributed by atoms with van der Waals surface area (Å²) in [6, 6.07) is 14.3. The van der Waals surface area contributed by atoms with Crippen LogP contribution in [0.15, 0.2) is 54.7 Å². The number of hydrogen-bond acceptors (Lipinski definition) is 5. The standard InChI is InChI=1S/C21H20ClN3O4/c1-3-28-21(27)17-12-23-25(16-7-5-4-6-8-16)20(17)24-19(26)13-29-18-10-9-15(22)11-14(18)2/h4-12H,3,13H2,1-2H3,(H,24,26). The Bertz CT molecular complexity index is 1020. The number of carbonyl (C=O) groups is 2. The van der Waals surface area contributed by atoms with Crippen molar-refractivity contribution >= 4 is 29.3 Å². The Kier molecular flexibility index (Phi) is 6.51. The van der Waals surface area contributed by atoms with Crippen LogP contribution in [0.2, 0.25) is 5.02 Å². The van der Waals surface area contributed by atoms with E-state index in [9.17, 15) is 9.59 Å². The normalized spacial score (nSPS) is 10.4. The van der Waals surface area contributed by atoms with Gasteiger partial charge in [0.1, 0.15) is 11.3 Å². The highest BCUT2D eigenvalue weighted by atomic mass is 35.5. The summed E-state index contributed by atoms with van der Waals surface area (Å²) < 4.78 is 12.1. The lowest BCUT2D eigenvalue weighted by atomic mass is 10.2. The molecule has 1 aromatic heterocycles. The Morgan fingerprint density at radius 2 is 1.93 bits per heavy atom. The summed E-state index contributed by atoms with van der Waals surface area (Å²) in [7, 11) is 0. The van der Waals surface area contributed by atoms with Gasteiger partial charge in [-0.25, -0.2) is 9.48 Å². The van der Waals surface area contributed by atoms with Gasteiger partial charge in [0.25, 0.3) is 5.91 Å². The molecule has 0 saturated heterocycles. The molecule has 0 aliphatic carbocycles. The molecule has 1 N–H and O–H groups in total. The average Bonchev–Trinajstić information content (AvgIpc) is 3.11. The number of rotatable bonds is 7. The van der Waals surface area contributed by atoms with E-state index in [1.165, 1.54) is 10.9 Å². The summed E-state index contributed by atoms with van der Waals surface area (Å²) in [5.74, 6) is -0.246. The largest absolute Gasteiger partial charge is 0.483 e. The molecular weight excluding hydrogens is 394 g/mol. The van der Waals surface area contributed by atoms with E-state index < -0.39 is 11.9 Å². The maximum atomic E-state index is 12.5. The van der Waals surface area contributed by atoms with E-state index in [-0.39, 0.29) is 24.6 Å². The molecule has 0 unspecified atom stereocenters. The number of amides is 1.